The van der Waals surface area contributed by atoms with E-state index in [1.807, 2.05) is 19.1 Å². The van der Waals surface area contributed by atoms with Crippen LogP contribution in [0.3, 0.4) is 0 Å². The SMILES string of the molecule is CN=C(NCc1ccc2cc(OC)ccc2c1)NCc1nc(C)c(C)s1.I. The lowest BCUT2D eigenvalue weighted by Gasteiger charge is -2.11. The number of guanidine groups is 1. The number of ether oxygens (including phenoxy) is 1. The highest BCUT2D eigenvalue weighted by atomic mass is 127. The molecule has 5 nitrogen and oxygen atoms in total. The molecule has 3 rings (SSSR count). The van der Waals surface area contributed by atoms with Crippen LogP contribution in [-0.4, -0.2) is 25.1 Å². The maximum absolute atomic E-state index is 5.28. The molecule has 27 heavy (non-hydrogen) atoms. The van der Waals surface area contributed by atoms with Crippen molar-refractivity contribution in [1.29, 1.82) is 0 Å². The second-order valence-electron chi connectivity index (χ2n) is 6.08. The van der Waals surface area contributed by atoms with Crippen LogP contribution in [0.4, 0.5) is 0 Å². The Morgan fingerprint density at radius 1 is 1.07 bits per heavy atom. The van der Waals surface area contributed by atoms with Crippen molar-refractivity contribution in [2.45, 2.75) is 26.9 Å². The van der Waals surface area contributed by atoms with Crippen molar-refractivity contribution in [2.75, 3.05) is 14.2 Å². The zero-order valence-corrected chi connectivity index (χ0v) is 19.1. The quantitative estimate of drug-likeness (QED) is 0.312. The molecule has 0 saturated heterocycles. The van der Waals surface area contributed by atoms with Gasteiger partial charge in [0.2, 0.25) is 0 Å². The Morgan fingerprint density at radius 2 is 1.78 bits per heavy atom. The maximum atomic E-state index is 5.28. The minimum atomic E-state index is 0. The number of fused-ring (bicyclic) bond motifs is 1. The molecule has 0 bridgehead atoms. The first-order valence-corrected chi connectivity index (χ1v) is 9.35. The van der Waals surface area contributed by atoms with Gasteiger partial charge in [-0.25, -0.2) is 4.98 Å². The van der Waals surface area contributed by atoms with Gasteiger partial charge >= 0.3 is 0 Å². The van der Waals surface area contributed by atoms with Crippen LogP contribution in [0.5, 0.6) is 5.75 Å². The molecule has 0 aliphatic heterocycles. The van der Waals surface area contributed by atoms with Gasteiger partial charge in [0.1, 0.15) is 10.8 Å². The molecule has 0 atom stereocenters. The van der Waals surface area contributed by atoms with Crippen LogP contribution in [0, 0.1) is 13.8 Å². The zero-order chi connectivity index (χ0) is 18.5. The van der Waals surface area contributed by atoms with Crippen molar-refractivity contribution in [2.24, 2.45) is 4.99 Å². The van der Waals surface area contributed by atoms with Crippen molar-refractivity contribution in [3.8, 4) is 5.75 Å². The summed E-state index contributed by atoms with van der Waals surface area (Å²) in [7, 11) is 3.47. The highest BCUT2D eigenvalue weighted by Gasteiger charge is 2.05. The van der Waals surface area contributed by atoms with E-state index in [1.54, 1.807) is 25.5 Å². The van der Waals surface area contributed by atoms with Crippen molar-refractivity contribution in [3.63, 3.8) is 0 Å². The third-order valence-corrected chi connectivity index (χ3v) is 5.35. The van der Waals surface area contributed by atoms with Gasteiger partial charge in [-0.1, -0.05) is 18.2 Å². The lowest BCUT2D eigenvalue weighted by atomic mass is 10.1. The van der Waals surface area contributed by atoms with Gasteiger partial charge in [-0.05, 0) is 48.4 Å². The van der Waals surface area contributed by atoms with Crippen LogP contribution in [0.1, 0.15) is 21.1 Å². The fraction of sp³-hybridized carbons (Fsp3) is 0.300. The number of nitrogens with zero attached hydrogens (tertiary/aromatic N) is 2. The van der Waals surface area contributed by atoms with Gasteiger partial charge in [0.05, 0.1) is 19.3 Å². The molecule has 0 saturated carbocycles. The first-order chi connectivity index (χ1) is 12.6. The molecule has 2 aromatic carbocycles. The van der Waals surface area contributed by atoms with E-state index in [0.717, 1.165) is 22.4 Å². The number of benzene rings is 2. The standard InChI is InChI=1S/C20H24N4OS.HI/c1-13-14(2)26-19(24-13)12-23-20(21-3)22-11-15-5-6-17-10-18(25-4)8-7-16(17)9-15;/h5-10H,11-12H2,1-4H3,(H2,21,22,23);1H. The minimum Gasteiger partial charge on any atom is -0.497 e. The third-order valence-electron chi connectivity index (χ3n) is 4.28. The van der Waals surface area contributed by atoms with Gasteiger partial charge in [-0.2, -0.15) is 0 Å². The predicted octanol–water partition coefficient (Wildman–Crippen LogP) is 4.40. The molecule has 1 heterocycles. The second-order valence-corrected chi connectivity index (χ2v) is 7.36. The molecule has 7 heteroatoms. The topological polar surface area (TPSA) is 58.5 Å². The molecule has 144 valence electrons. The molecule has 0 radical (unpaired) electrons. The van der Waals surface area contributed by atoms with Crippen molar-refractivity contribution >= 4 is 52.0 Å². The van der Waals surface area contributed by atoms with E-state index in [1.165, 1.54) is 21.2 Å². The van der Waals surface area contributed by atoms with Gasteiger partial charge in [-0.15, -0.1) is 35.3 Å². The van der Waals surface area contributed by atoms with Crippen LogP contribution >= 0.6 is 35.3 Å². The molecule has 0 aliphatic carbocycles. The van der Waals surface area contributed by atoms with Gasteiger partial charge in [0.15, 0.2) is 5.96 Å². The predicted molar refractivity (Wildman–Crippen MR) is 125 cm³/mol. The van der Waals surface area contributed by atoms with Crippen LogP contribution < -0.4 is 15.4 Å². The van der Waals surface area contributed by atoms with Crippen molar-refractivity contribution < 1.29 is 4.74 Å². The Bertz CT molecular complexity index is 919. The summed E-state index contributed by atoms with van der Waals surface area (Å²) in [5.74, 6) is 1.64. The van der Waals surface area contributed by atoms with Crippen molar-refractivity contribution in [1.82, 2.24) is 15.6 Å². The number of nitrogens with one attached hydrogen (secondary N) is 2. The Hall–Kier alpha value is -1.87. The van der Waals surface area contributed by atoms with Gasteiger partial charge < -0.3 is 15.4 Å². The second kappa shape index (κ2) is 9.89. The average Bonchev–Trinajstić information content (AvgIpc) is 2.99. The highest BCUT2D eigenvalue weighted by molar-refractivity contribution is 14.0. The number of aryl methyl sites for hydroxylation is 2. The molecule has 1 aromatic heterocycles. The van der Waals surface area contributed by atoms with Gasteiger partial charge in [0, 0.05) is 18.5 Å². The molecule has 0 unspecified atom stereocenters. The summed E-state index contributed by atoms with van der Waals surface area (Å²) in [6.07, 6.45) is 0. The first kappa shape index (κ1) is 21.4. The van der Waals surface area contributed by atoms with E-state index in [4.69, 9.17) is 4.74 Å². The molecule has 0 amide bonds. The fourth-order valence-corrected chi connectivity index (χ4v) is 3.56. The fourth-order valence-electron chi connectivity index (χ4n) is 2.69. The molecule has 0 aliphatic rings. The lowest BCUT2D eigenvalue weighted by molar-refractivity contribution is 0.415. The number of halogens is 1. The van der Waals surface area contributed by atoms with E-state index in [9.17, 15) is 0 Å². The number of aliphatic imine (C=N–C) groups is 1. The van der Waals surface area contributed by atoms with E-state index in [0.29, 0.717) is 13.1 Å². The lowest BCUT2D eigenvalue weighted by Crippen LogP contribution is -2.36. The molecule has 3 aromatic rings. The normalized spacial score (nSPS) is 11.2. The monoisotopic (exact) mass is 496 g/mol. The average molecular weight is 496 g/mol. The Kier molecular flexibility index (Phi) is 7.85. The summed E-state index contributed by atoms with van der Waals surface area (Å²) in [5.41, 5.74) is 2.30. The first-order valence-electron chi connectivity index (χ1n) is 8.53. The third kappa shape index (κ3) is 5.55. The summed E-state index contributed by atoms with van der Waals surface area (Å²) in [5, 5.41) is 10.1. The number of rotatable bonds is 5. The number of thiazole rings is 1. The Morgan fingerprint density at radius 3 is 2.44 bits per heavy atom. The van der Waals surface area contributed by atoms with E-state index in [2.05, 4.69) is 51.8 Å². The number of hydrogen-bond acceptors (Lipinski definition) is 4. The molecular formula is C20H25IN4OS. The number of hydrogen-bond donors (Lipinski definition) is 2. The zero-order valence-electron chi connectivity index (χ0n) is 16.0. The summed E-state index contributed by atoms with van der Waals surface area (Å²) >= 11 is 1.72. The molecular weight excluding hydrogens is 471 g/mol. The van der Waals surface area contributed by atoms with Crippen LogP contribution in [-0.2, 0) is 13.1 Å². The number of aromatic nitrogens is 1. The number of methoxy groups -OCH3 is 1. The summed E-state index contributed by atoms with van der Waals surface area (Å²) < 4.78 is 5.28. The van der Waals surface area contributed by atoms with Crippen LogP contribution in [0.25, 0.3) is 10.8 Å². The van der Waals surface area contributed by atoms with Crippen LogP contribution in [0.2, 0.25) is 0 Å². The maximum Gasteiger partial charge on any atom is 0.191 e. The summed E-state index contributed by atoms with van der Waals surface area (Å²) in [6.45, 7) is 5.52. The molecule has 0 spiro atoms. The smallest absolute Gasteiger partial charge is 0.191 e. The molecule has 0 fully saturated rings. The van der Waals surface area contributed by atoms with E-state index >= 15 is 0 Å². The van der Waals surface area contributed by atoms with Gasteiger partial charge in [0.25, 0.3) is 0 Å². The largest absolute Gasteiger partial charge is 0.497 e. The minimum absolute atomic E-state index is 0. The van der Waals surface area contributed by atoms with Crippen molar-refractivity contribution in [3.05, 3.63) is 57.5 Å². The summed E-state index contributed by atoms with van der Waals surface area (Å²) in [6, 6.07) is 12.5. The van der Waals surface area contributed by atoms with Gasteiger partial charge in [-0.3, -0.25) is 4.99 Å². The highest BCUT2D eigenvalue weighted by Crippen LogP contribution is 2.21. The van der Waals surface area contributed by atoms with E-state index in [-0.39, 0.29) is 24.0 Å². The van der Waals surface area contributed by atoms with Crippen LogP contribution in [0.15, 0.2) is 41.4 Å². The molecule has 2 N–H and O–H groups in total. The Balaban J connectivity index is 0.00000261. The summed E-state index contributed by atoms with van der Waals surface area (Å²) in [4.78, 5) is 10.1. The Labute approximate surface area is 181 Å². The van der Waals surface area contributed by atoms with E-state index < -0.39 is 0 Å².